The van der Waals surface area contributed by atoms with Crippen LogP contribution in [0.4, 0.5) is 5.95 Å². The number of anilines is 1. The zero-order valence-corrected chi connectivity index (χ0v) is 12.4. The molecule has 1 heterocycles. The molecule has 0 atom stereocenters. The van der Waals surface area contributed by atoms with E-state index in [4.69, 9.17) is 10.5 Å². The SMILES string of the molecule is CCCOc1cccc2c1nc(N)n2CC1(CC)CC1. The van der Waals surface area contributed by atoms with E-state index in [0.29, 0.717) is 18.0 Å². The zero-order valence-electron chi connectivity index (χ0n) is 12.4. The van der Waals surface area contributed by atoms with Crippen molar-refractivity contribution >= 4 is 17.0 Å². The molecule has 1 aliphatic rings. The molecule has 3 rings (SSSR count). The van der Waals surface area contributed by atoms with Crippen molar-refractivity contribution in [3.8, 4) is 5.75 Å². The molecule has 2 N–H and O–H groups in total. The largest absolute Gasteiger partial charge is 0.491 e. The predicted octanol–water partition coefficient (Wildman–Crippen LogP) is 3.60. The molecule has 0 spiro atoms. The van der Waals surface area contributed by atoms with E-state index in [1.54, 1.807) is 0 Å². The first-order valence-electron chi connectivity index (χ1n) is 7.56. The molecule has 1 aromatic heterocycles. The van der Waals surface area contributed by atoms with Crippen molar-refractivity contribution < 1.29 is 4.74 Å². The Hall–Kier alpha value is -1.71. The molecule has 0 amide bonds. The Morgan fingerprint density at radius 1 is 1.35 bits per heavy atom. The number of hydrogen-bond acceptors (Lipinski definition) is 3. The van der Waals surface area contributed by atoms with Gasteiger partial charge in [-0.3, -0.25) is 0 Å². The number of hydrogen-bond donors (Lipinski definition) is 1. The number of rotatable bonds is 6. The van der Waals surface area contributed by atoms with E-state index in [1.165, 1.54) is 19.3 Å². The second-order valence-corrected chi connectivity index (χ2v) is 5.88. The predicted molar refractivity (Wildman–Crippen MR) is 81.9 cm³/mol. The molecule has 1 fully saturated rings. The van der Waals surface area contributed by atoms with E-state index in [2.05, 4.69) is 29.5 Å². The van der Waals surface area contributed by atoms with Crippen molar-refractivity contribution in [3.63, 3.8) is 0 Å². The summed E-state index contributed by atoms with van der Waals surface area (Å²) in [6.45, 7) is 6.05. The minimum atomic E-state index is 0.446. The fraction of sp³-hybridized carbons (Fsp3) is 0.562. The minimum absolute atomic E-state index is 0.446. The second kappa shape index (κ2) is 5.00. The molecule has 0 aliphatic heterocycles. The lowest BCUT2D eigenvalue weighted by Crippen LogP contribution is -2.12. The van der Waals surface area contributed by atoms with E-state index in [-0.39, 0.29) is 0 Å². The number of para-hydroxylation sites is 1. The summed E-state index contributed by atoms with van der Waals surface area (Å²) in [5.41, 5.74) is 8.57. The smallest absolute Gasteiger partial charge is 0.201 e. The highest BCUT2D eigenvalue weighted by Gasteiger charge is 2.41. The minimum Gasteiger partial charge on any atom is -0.491 e. The first-order chi connectivity index (χ1) is 9.69. The van der Waals surface area contributed by atoms with E-state index in [0.717, 1.165) is 29.7 Å². The molecule has 1 saturated carbocycles. The van der Waals surface area contributed by atoms with Crippen LogP contribution >= 0.6 is 0 Å². The van der Waals surface area contributed by atoms with Crippen molar-refractivity contribution in [1.82, 2.24) is 9.55 Å². The van der Waals surface area contributed by atoms with Gasteiger partial charge in [-0.15, -0.1) is 0 Å². The highest BCUT2D eigenvalue weighted by Crippen LogP contribution is 2.50. The summed E-state index contributed by atoms with van der Waals surface area (Å²) in [4.78, 5) is 4.53. The monoisotopic (exact) mass is 273 g/mol. The Balaban J connectivity index is 1.98. The van der Waals surface area contributed by atoms with Crippen LogP contribution < -0.4 is 10.5 Å². The van der Waals surface area contributed by atoms with Crippen molar-refractivity contribution in [2.75, 3.05) is 12.3 Å². The third-order valence-corrected chi connectivity index (χ3v) is 4.43. The summed E-state index contributed by atoms with van der Waals surface area (Å²) in [6, 6.07) is 6.08. The highest BCUT2D eigenvalue weighted by atomic mass is 16.5. The number of nitrogen functional groups attached to an aromatic ring is 1. The first-order valence-corrected chi connectivity index (χ1v) is 7.56. The number of imidazole rings is 1. The molecule has 1 aliphatic carbocycles. The number of nitrogens with two attached hydrogens (primary N) is 1. The van der Waals surface area contributed by atoms with Crippen LogP contribution in [0.3, 0.4) is 0 Å². The second-order valence-electron chi connectivity index (χ2n) is 5.88. The van der Waals surface area contributed by atoms with Gasteiger partial charge in [-0.2, -0.15) is 0 Å². The van der Waals surface area contributed by atoms with Gasteiger partial charge in [-0.05, 0) is 43.2 Å². The van der Waals surface area contributed by atoms with Crippen LogP contribution in [0, 0.1) is 5.41 Å². The molecule has 0 unspecified atom stereocenters. The average Bonchev–Trinajstić information content (AvgIpc) is 3.17. The molecule has 0 saturated heterocycles. The molecule has 1 aromatic carbocycles. The quantitative estimate of drug-likeness (QED) is 0.875. The van der Waals surface area contributed by atoms with E-state index < -0.39 is 0 Å². The van der Waals surface area contributed by atoms with Gasteiger partial charge in [-0.25, -0.2) is 4.98 Å². The van der Waals surface area contributed by atoms with Crippen LogP contribution in [-0.4, -0.2) is 16.2 Å². The lowest BCUT2D eigenvalue weighted by atomic mass is 10.0. The summed E-state index contributed by atoms with van der Waals surface area (Å²) in [6.07, 6.45) is 4.80. The van der Waals surface area contributed by atoms with Crippen molar-refractivity contribution in [3.05, 3.63) is 18.2 Å². The Kier molecular flexibility index (Phi) is 3.32. The number of nitrogens with zero attached hydrogens (tertiary/aromatic N) is 2. The fourth-order valence-electron chi connectivity index (χ4n) is 2.77. The molecule has 20 heavy (non-hydrogen) atoms. The molecule has 4 nitrogen and oxygen atoms in total. The van der Waals surface area contributed by atoms with E-state index in [9.17, 15) is 0 Å². The van der Waals surface area contributed by atoms with Crippen LogP contribution in [0.1, 0.15) is 39.5 Å². The summed E-state index contributed by atoms with van der Waals surface area (Å²) >= 11 is 0. The number of aromatic nitrogens is 2. The maximum Gasteiger partial charge on any atom is 0.201 e. The summed E-state index contributed by atoms with van der Waals surface area (Å²) in [5.74, 6) is 1.45. The molecular weight excluding hydrogens is 250 g/mol. The standard InChI is InChI=1S/C16H23N3O/c1-3-10-20-13-7-5-6-12-14(13)18-15(17)19(12)11-16(4-2)8-9-16/h5-7H,3-4,8-11H2,1-2H3,(H2,17,18). The van der Waals surface area contributed by atoms with Gasteiger partial charge in [-0.1, -0.05) is 19.9 Å². The Bertz CT molecular complexity index is 613. The molecule has 0 radical (unpaired) electrons. The summed E-state index contributed by atoms with van der Waals surface area (Å²) in [5, 5.41) is 0. The maximum atomic E-state index is 6.14. The fourth-order valence-corrected chi connectivity index (χ4v) is 2.77. The molecule has 108 valence electrons. The Morgan fingerprint density at radius 3 is 2.80 bits per heavy atom. The Labute approximate surface area is 119 Å². The lowest BCUT2D eigenvalue weighted by Gasteiger charge is -2.15. The van der Waals surface area contributed by atoms with Crippen molar-refractivity contribution in [1.29, 1.82) is 0 Å². The van der Waals surface area contributed by atoms with Gasteiger partial charge in [0, 0.05) is 6.54 Å². The third kappa shape index (κ3) is 2.23. The van der Waals surface area contributed by atoms with Gasteiger partial charge in [0.2, 0.25) is 5.95 Å². The third-order valence-electron chi connectivity index (χ3n) is 4.43. The normalized spacial score (nSPS) is 16.5. The topological polar surface area (TPSA) is 53.1 Å². The zero-order chi connectivity index (χ0) is 14.2. The van der Waals surface area contributed by atoms with Gasteiger partial charge >= 0.3 is 0 Å². The van der Waals surface area contributed by atoms with Gasteiger partial charge in [0.15, 0.2) is 0 Å². The van der Waals surface area contributed by atoms with Gasteiger partial charge in [0.05, 0.1) is 12.1 Å². The van der Waals surface area contributed by atoms with Crippen molar-refractivity contribution in [2.24, 2.45) is 5.41 Å². The number of ether oxygens (including phenoxy) is 1. The van der Waals surface area contributed by atoms with Crippen LogP contribution in [0.25, 0.3) is 11.0 Å². The van der Waals surface area contributed by atoms with Crippen LogP contribution in [0.15, 0.2) is 18.2 Å². The molecule has 0 bridgehead atoms. The molecule has 2 aromatic rings. The van der Waals surface area contributed by atoms with Crippen LogP contribution in [0.2, 0.25) is 0 Å². The Morgan fingerprint density at radius 2 is 2.15 bits per heavy atom. The molecular formula is C16H23N3O. The molecule has 4 heteroatoms. The van der Waals surface area contributed by atoms with Crippen molar-refractivity contribution in [2.45, 2.75) is 46.1 Å². The summed E-state index contributed by atoms with van der Waals surface area (Å²) < 4.78 is 7.93. The van der Waals surface area contributed by atoms with E-state index in [1.807, 2.05) is 12.1 Å². The highest BCUT2D eigenvalue weighted by molar-refractivity contribution is 5.84. The lowest BCUT2D eigenvalue weighted by molar-refractivity contribution is 0.320. The van der Waals surface area contributed by atoms with Gasteiger partial charge in [0.25, 0.3) is 0 Å². The first kappa shape index (κ1) is 13.3. The number of benzene rings is 1. The summed E-state index contributed by atoms with van der Waals surface area (Å²) in [7, 11) is 0. The number of fused-ring (bicyclic) bond motifs is 1. The van der Waals surface area contributed by atoms with Crippen LogP contribution in [0.5, 0.6) is 5.75 Å². The average molecular weight is 273 g/mol. The van der Waals surface area contributed by atoms with Gasteiger partial charge < -0.3 is 15.0 Å². The maximum absolute atomic E-state index is 6.14. The van der Waals surface area contributed by atoms with Crippen LogP contribution in [-0.2, 0) is 6.54 Å². The van der Waals surface area contributed by atoms with Gasteiger partial charge in [0.1, 0.15) is 11.3 Å². The van der Waals surface area contributed by atoms with E-state index >= 15 is 0 Å².